The van der Waals surface area contributed by atoms with Crippen molar-refractivity contribution in [1.29, 1.82) is 0 Å². The fourth-order valence-electron chi connectivity index (χ4n) is 1.39. The Labute approximate surface area is 124 Å². The molecule has 1 heterocycles. The molecule has 0 spiro atoms. The molecule has 1 amide bonds. The Morgan fingerprint density at radius 2 is 1.95 bits per heavy atom. The van der Waals surface area contributed by atoms with E-state index in [0.717, 1.165) is 23.3 Å². The number of hydrogen-bond acceptors (Lipinski definition) is 7. The standard InChI is InChI=1S/C11H17NO4S3/c1-7(13)12-8(9(14)16-3)4-17-10(15)11(2)5-18-19-6-11/h8H,4-6H2,1-3H3,(H,12,13). The van der Waals surface area contributed by atoms with Gasteiger partial charge in [0, 0.05) is 24.2 Å². The lowest BCUT2D eigenvalue weighted by atomic mass is 9.98. The number of carbonyl (C=O) groups is 3. The third kappa shape index (κ3) is 4.92. The Balaban J connectivity index is 2.53. The van der Waals surface area contributed by atoms with Crippen LogP contribution in [0.2, 0.25) is 0 Å². The third-order valence-electron chi connectivity index (χ3n) is 2.58. The SMILES string of the molecule is COC(=O)C(CSC(=O)C1(C)CSSC1)NC(C)=O. The van der Waals surface area contributed by atoms with Gasteiger partial charge in [-0.05, 0) is 0 Å². The van der Waals surface area contributed by atoms with Crippen LogP contribution in [0.3, 0.4) is 0 Å². The second-order valence-corrected chi connectivity index (χ2v) is 7.92. The van der Waals surface area contributed by atoms with Crippen LogP contribution in [0.1, 0.15) is 13.8 Å². The van der Waals surface area contributed by atoms with Crippen molar-refractivity contribution in [2.24, 2.45) is 5.41 Å². The van der Waals surface area contributed by atoms with Crippen LogP contribution in [0, 0.1) is 5.41 Å². The van der Waals surface area contributed by atoms with Crippen molar-refractivity contribution in [3.63, 3.8) is 0 Å². The minimum absolute atomic E-state index is 0.0595. The molecule has 8 heteroatoms. The van der Waals surface area contributed by atoms with Crippen LogP contribution in [0.4, 0.5) is 0 Å². The number of hydrogen-bond donors (Lipinski definition) is 1. The zero-order valence-electron chi connectivity index (χ0n) is 11.1. The first-order valence-corrected chi connectivity index (χ1v) is 9.13. The van der Waals surface area contributed by atoms with E-state index in [4.69, 9.17) is 0 Å². The van der Waals surface area contributed by atoms with Crippen molar-refractivity contribution >= 4 is 50.3 Å². The van der Waals surface area contributed by atoms with Gasteiger partial charge in [-0.3, -0.25) is 9.59 Å². The van der Waals surface area contributed by atoms with Crippen LogP contribution in [-0.4, -0.2) is 47.4 Å². The monoisotopic (exact) mass is 323 g/mol. The van der Waals surface area contributed by atoms with Gasteiger partial charge in [-0.1, -0.05) is 40.3 Å². The van der Waals surface area contributed by atoms with E-state index < -0.39 is 12.0 Å². The van der Waals surface area contributed by atoms with Crippen molar-refractivity contribution < 1.29 is 19.1 Å². The van der Waals surface area contributed by atoms with Crippen LogP contribution >= 0.6 is 33.3 Å². The molecular formula is C11H17NO4S3. The number of amides is 1. The van der Waals surface area contributed by atoms with Crippen LogP contribution in [0.5, 0.6) is 0 Å². The fraction of sp³-hybridized carbons (Fsp3) is 0.727. The van der Waals surface area contributed by atoms with Crippen molar-refractivity contribution in [2.75, 3.05) is 24.4 Å². The van der Waals surface area contributed by atoms with Gasteiger partial charge >= 0.3 is 5.97 Å². The van der Waals surface area contributed by atoms with Gasteiger partial charge in [0.05, 0.1) is 12.5 Å². The Kier molecular flexibility index (Phi) is 6.55. The maximum atomic E-state index is 12.1. The molecule has 108 valence electrons. The van der Waals surface area contributed by atoms with Gasteiger partial charge in [0.25, 0.3) is 0 Å². The summed E-state index contributed by atoms with van der Waals surface area (Å²) >= 11 is 1.09. The highest BCUT2D eigenvalue weighted by molar-refractivity contribution is 8.77. The molecule has 1 saturated heterocycles. The van der Waals surface area contributed by atoms with Gasteiger partial charge in [-0.25, -0.2) is 4.79 Å². The van der Waals surface area contributed by atoms with Gasteiger partial charge in [0.2, 0.25) is 5.91 Å². The van der Waals surface area contributed by atoms with Crippen molar-refractivity contribution in [3.8, 4) is 0 Å². The van der Waals surface area contributed by atoms with Crippen molar-refractivity contribution in [2.45, 2.75) is 19.9 Å². The topological polar surface area (TPSA) is 72.5 Å². The fourth-order valence-corrected chi connectivity index (χ4v) is 5.95. The van der Waals surface area contributed by atoms with Crippen LogP contribution in [-0.2, 0) is 19.1 Å². The second-order valence-electron chi connectivity index (χ2n) is 4.46. The van der Waals surface area contributed by atoms with E-state index >= 15 is 0 Å². The summed E-state index contributed by atoms with van der Waals surface area (Å²) in [5.74, 6) is 0.923. The third-order valence-corrected chi connectivity index (χ3v) is 6.71. The molecule has 1 fully saturated rings. The summed E-state index contributed by atoms with van der Waals surface area (Å²) in [7, 11) is 4.63. The molecule has 0 radical (unpaired) electrons. The summed E-state index contributed by atoms with van der Waals surface area (Å²) < 4.78 is 4.61. The molecule has 0 aromatic carbocycles. The lowest BCUT2D eigenvalue weighted by molar-refractivity contribution is -0.144. The quantitative estimate of drug-likeness (QED) is 0.604. The predicted octanol–water partition coefficient (Wildman–Crippen LogP) is 1.33. The van der Waals surface area contributed by atoms with Crippen LogP contribution in [0.25, 0.3) is 0 Å². The van der Waals surface area contributed by atoms with Gasteiger partial charge in [-0.15, -0.1) is 0 Å². The molecule has 1 rings (SSSR count). The molecule has 0 saturated carbocycles. The lowest BCUT2D eigenvalue weighted by Gasteiger charge is -2.21. The molecular weight excluding hydrogens is 306 g/mol. The number of carbonyl (C=O) groups excluding carboxylic acids is 3. The first-order valence-electron chi connectivity index (χ1n) is 5.65. The Bertz CT molecular complexity index is 369. The summed E-state index contributed by atoms with van der Waals surface area (Å²) in [5.41, 5.74) is -0.350. The molecule has 1 N–H and O–H groups in total. The maximum absolute atomic E-state index is 12.1. The first-order chi connectivity index (χ1) is 8.89. The lowest BCUT2D eigenvalue weighted by Crippen LogP contribution is -2.43. The molecule has 1 unspecified atom stereocenters. The van der Waals surface area contributed by atoms with Gasteiger partial charge in [0.1, 0.15) is 6.04 Å². The number of nitrogens with one attached hydrogen (secondary N) is 1. The van der Waals surface area contributed by atoms with Gasteiger partial charge in [0.15, 0.2) is 5.12 Å². The van der Waals surface area contributed by atoms with E-state index in [1.165, 1.54) is 14.0 Å². The Hall–Kier alpha value is -0.340. The molecule has 1 aliphatic rings. The molecule has 1 aliphatic heterocycles. The summed E-state index contributed by atoms with van der Waals surface area (Å²) in [5, 5.41) is 2.55. The Morgan fingerprint density at radius 1 is 1.37 bits per heavy atom. The zero-order chi connectivity index (χ0) is 14.5. The van der Waals surface area contributed by atoms with Gasteiger partial charge < -0.3 is 10.1 Å². The van der Waals surface area contributed by atoms with Crippen molar-refractivity contribution in [3.05, 3.63) is 0 Å². The summed E-state index contributed by atoms with van der Waals surface area (Å²) in [6.07, 6.45) is 0. The molecule has 0 aromatic rings. The number of thioether (sulfide) groups is 1. The zero-order valence-corrected chi connectivity index (χ0v) is 13.5. The van der Waals surface area contributed by atoms with E-state index in [9.17, 15) is 14.4 Å². The molecule has 0 bridgehead atoms. The highest BCUT2D eigenvalue weighted by Crippen LogP contribution is 2.45. The molecule has 0 aromatic heterocycles. The molecule has 0 aliphatic carbocycles. The smallest absolute Gasteiger partial charge is 0.329 e. The summed E-state index contributed by atoms with van der Waals surface area (Å²) in [6, 6.07) is -0.776. The van der Waals surface area contributed by atoms with E-state index in [0.29, 0.717) is 0 Å². The van der Waals surface area contributed by atoms with E-state index in [-0.39, 0.29) is 22.2 Å². The summed E-state index contributed by atoms with van der Waals surface area (Å²) in [6.45, 7) is 3.26. The highest BCUT2D eigenvalue weighted by atomic mass is 33.1. The summed E-state index contributed by atoms with van der Waals surface area (Å²) in [4.78, 5) is 34.6. The van der Waals surface area contributed by atoms with E-state index in [1.54, 1.807) is 21.6 Å². The molecule has 19 heavy (non-hydrogen) atoms. The maximum Gasteiger partial charge on any atom is 0.329 e. The largest absolute Gasteiger partial charge is 0.467 e. The van der Waals surface area contributed by atoms with E-state index in [1.807, 2.05) is 6.92 Å². The minimum atomic E-state index is -0.776. The predicted molar refractivity (Wildman–Crippen MR) is 80.1 cm³/mol. The van der Waals surface area contributed by atoms with Crippen LogP contribution in [0.15, 0.2) is 0 Å². The number of esters is 1. The molecule has 1 atom stereocenters. The van der Waals surface area contributed by atoms with E-state index in [2.05, 4.69) is 10.1 Å². The second kappa shape index (κ2) is 7.44. The average molecular weight is 323 g/mol. The highest BCUT2D eigenvalue weighted by Gasteiger charge is 2.38. The average Bonchev–Trinajstić information content (AvgIpc) is 2.81. The van der Waals surface area contributed by atoms with Crippen LogP contribution < -0.4 is 5.32 Å². The number of rotatable bonds is 5. The van der Waals surface area contributed by atoms with Crippen molar-refractivity contribution in [1.82, 2.24) is 5.32 Å². The first kappa shape index (κ1) is 16.7. The minimum Gasteiger partial charge on any atom is -0.467 e. The number of ether oxygens (including phenoxy) is 1. The number of methoxy groups -OCH3 is 1. The van der Waals surface area contributed by atoms with Gasteiger partial charge in [-0.2, -0.15) is 0 Å². The normalized spacial score (nSPS) is 18.7. The molecule has 5 nitrogen and oxygen atoms in total. The Morgan fingerprint density at radius 3 is 2.42 bits per heavy atom.